The van der Waals surface area contributed by atoms with E-state index in [1.54, 1.807) is 0 Å². The molecule has 2 atom stereocenters. The van der Waals surface area contributed by atoms with Crippen LogP contribution in [-0.2, 0) is 9.84 Å². The van der Waals surface area contributed by atoms with E-state index in [9.17, 15) is 13.5 Å². The Morgan fingerprint density at radius 3 is 2.62 bits per heavy atom. The molecule has 1 aliphatic rings. The largest absolute Gasteiger partial charge is 0.396 e. The predicted octanol–water partition coefficient (Wildman–Crippen LogP) is 0.419. The van der Waals surface area contributed by atoms with Gasteiger partial charge in [0.1, 0.15) is 0 Å². The number of hydrogen-bond acceptors (Lipinski definition) is 4. The van der Waals surface area contributed by atoms with Gasteiger partial charge in [0.25, 0.3) is 0 Å². The van der Waals surface area contributed by atoms with Gasteiger partial charge in [-0.1, -0.05) is 13.8 Å². The van der Waals surface area contributed by atoms with Crippen LogP contribution in [0, 0.1) is 11.3 Å². The zero-order valence-electron chi connectivity index (χ0n) is 10.2. The third kappa shape index (κ3) is 4.03. The summed E-state index contributed by atoms with van der Waals surface area (Å²) >= 11 is 0. The first-order valence-electron chi connectivity index (χ1n) is 5.93. The fourth-order valence-electron chi connectivity index (χ4n) is 1.90. The highest BCUT2D eigenvalue weighted by molar-refractivity contribution is 7.91. The summed E-state index contributed by atoms with van der Waals surface area (Å²) in [5.74, 6) is 0.914. The first kappa shape index (κ1) is 13.9. The summed E-state index contributed by atoms with van der Waals surface area (Å²) in [5.41, 5.74) is -0.0858. The lowest BCUT2D eigenvalue weighted by atomic mass is 9.88. The molecule has 0 aliphatic carbocycles. The molecule has 0 bridgehead atoms. The van der Waals surface area contributed by atoms with Crippen molar-refractivity contribution in [3.8, 4) is 0 Å². The zero-order chi connectivity index (χ0) is 12.2. The molecule has 0 aromatic heterocycles. The van der Waals surface area contributed by atoms with Crippen molar-refractivity contribution in [2.75, 3.05) is 31.2 Å². The van der Waals surface area contributed by atoms with Gasteiger partial charge in [0.15, 0.2) is 9.84 Å². The van der Waals surface area contributed by atoms with Gasteiger partial charge in [-0.15, -0.1) is 0 Å². The average molecular weight is 249 g/mol. The van der Waals surface area contributed by atoms with Gasteiger partial charge in [-0.25, -0.2) is 8.42 Å². The second-order valence-corrected chi connectivity index (χ2v) is 7.45. The normalized spacial score (nSPS) is 27.8. The summed E-state index contributed by atoms with van der Waals surface area (Å²) in [6, 6.07) is 0. The third-order valence-electron chi connectivity index (χ3n) is 3.55. The Kier molecular flexibility index (Phi) is 4.76. The van der Waals surface area contributed by atoms with Crippen LogP contribution in [0.4, 0.5) is 0 Å². The molecule has 1 saturated heterocycles. The molecule has 16 heavy (non-hydrogen) atoms. The lowest BCUT2D eigenvalue weighted by Crippen LogP contribution is -2.36. The number of aliphatic hydroxyl groups is 1. The topological polar surface area (TPSA) is 66.4 Å². The van der Waals surface area contributed by atoms with Crippen LogP contribution in [-0.4, -0.2) is 44.7 Å². The van der Waals surface area contributed by atoms with E-state index in [4.69, 9.17) is 0 Å². The molecule has 2 N–H and O–H groups in total. The molecule has 0 saturated carbocycles. The summed E-state index contributed by atoms with van der Waals surface area (Å²) in [7, 11) is -2.76. The van der Waals surface area contributed by atoms with E-state index >= 15 is 0 Å². The van der Waals surface area contributed by atoms with Gasteiger partial charge in [0, 0.05) is 18.6 Å². The van der Waals surface area contributed by atoms with Crippen LogP contribution in [0.1, 0.15) is 26.7 Å². The van der Waals surface area contributed by atoms with Crippen molar-refractivity contribution in [3.63, 3.8) is 0 Å². The first-order valence-corrected chi connectivity index (χ1v) is 7.75. The molecule has 0 aromatic carbocycles. The summed E-state index contributed by atoms with van der Waals surface area (Å²) in [6.45, 7) is 5.74. The molecule has 1 heterocycles. The molecule has 0 aromatic rings. The number of rotatable bonds is 6. The zero-order valence-corrected chi connectivity index (χ0v) is 11.0. The van der Waals surface area contributed by atoms with Crippen molar-refractivity contribution in [1.82, 2.24) is 5.32 Å². The molecule has 96 valence electrons. The Labute approximate surface area is 98.4 Å². The van der Waals surface area contributed by atoms with Gasteiger partial charge in [-0.05, 0) is 25.3 Å². The summed E-state index contributed by atoms with van der Waals surface area (Å²) in [5, 5.41) is 12.5. The maximum Gasteiger partial charge on any atom is 0.150 e. The van der Waals surface area contributed by atoms with Crippen LogP contribution in [0.5, 0.6) is 0 Å². The summed E-state index contributed by atoms with van der Waals surface area (Å²) in [4.78, 5) is 0. The quantitative estimate of drug-likeness (QED) is 0.716. The summed E-state index contributed by atoms with van der Waals surface area (Å²) < 4.78 is 22.5. The molecular formula is C11H23NO3S. The van der Waals surface area contributed by atoms with Crippen LogP contribution in [0.25, 0.3) is 0 Å². The van der Waals surface area contributed by atoms with Crippen LogP contribution in [0.3, 0.4) is 0 Å². The molecule has 0 spiro atoms. The summed E-state index contributed by atoms with van der Waals surface area (Å²) in [6.07, 6.45) is 1.69. The maximum atomic E-state index is 11.2. The van der Waals surface area contributed by atoms with Gasteiger partial charge in [-0.3, -0.25) is 0 Å². The van der Waals surface area contributed by atoms with E-state index in [0.29, 0.717) is 11.5 Å². The number of aliphatic hydroxyl groups excluding tert-OH is 1. The molecule has 5 heteroatoms. The standard InChI is InChI=1S/C11H23NO3S/c1-3-11(2,9-13)8-12-6-10-4-5-16(14,15)7-10/h10,12-13H,3-9H2,1-2H3. The monoisotopic (exact) mass is 249 g/mol. The number of hydrogen-bond donors (Lipinski definition) is 2. The minimum atomic E-state index is -2.76. The van der Waals surface area contributed by atoms with E-state index in [0.717, 1.165) is 25.9 Å². The molecule has 1 aliphatic heterocycles. The first-order chi connectivity index (χ1) is 7.41. The molecule has 1 fully saturated rings. The van der Waals surface area contributed by atoms with Crippen LogP contribution < -0.4 is 5.32 Å². The van der Waals surface area contributed by atoms with Gasteiger partial charge in [0.05, 0.1) is 11.5 Å². The Balaban J connectivity index is 2.26. The predicted molar refractivity (Wildman–Crippen MR) is 65.1 cm³/mol. The molecule has 4 nitrogen and oxygen atoms in total. The number of nitrogens with one attached hydrogen (secondary N) is 1. The highest BCUT2D eigenvalue weighted by Gasteiger charge is 2.28. The van der Waals surface area contributed by atoms with Crippen molar-refractivity contribution < 1.29 is 13.5 Å². The van der Waals surface area contributed by atoms with E-state index in [2.05, 4.69) is 12.2 Å². The average Bonchev–Trinajstić information content (AvgIpc) is 2.58. The SMILES string of the molecule is CCC(C)(CO)CNCC1CCS(=O)(=O)C1. The maximum absolute atomic E-state index is 11.2. The van der Waals surface area contributed by atoms with Crippen molar-refractivity contribution >= 4 is 9.84 Å². The van der Waals surface area contributed by atoms with Crippen LogP contribution in [0.2, 0.25) is 0 Å². The van der Waals surface area contributed by atoms with Crippen molar-refractivity contribution in [3.05, 3.63) is 0 Å². The molecule has 0 amide bonds. The van der Waals surface area contributed by atoms with E-state index in [1.165, 1.54) is 0 Å². The highest BCUT2D eigenvalue weighted by Crippen LogP contribution is 2.20. The minimum Gasteiger partial charge on any atom is -0.396 e. The fraction of sp³-hybridized carbons (Fsp3) is 1.00. The van der Waals surface area contributed by atoms with Crippen LogP contribution >= 0.6 is 0 Å². The number of sulfone groups is 1. The third-order valence-corrected chi connectivity index (χ3v) is 5.38. The van der Waals surface area contributed by atoms with E-state index in [-0.39, 0.29) is 17.9 Å². The lowest BCUT2D eigenvalue weighted by Gasteiger charge is -2.26. The molecule has 1 rings (SSSR count). The van der Waals surface area contributed by atoms with Gasteiger partial charge in [-0.2, -0.15) is 0 Å². The Bertz CT molecular complexity index is 309. The Hall–Kier alpha value is -0.130. The molecular weight excluding hydrogens is 226 g/mol. The van der Waals surface area contributed by atoms with Gasteiger partial charge < -0.3 is 10.4 Å². The fourth-order valence-corrected chi connectivity index (χ4v) is 3.77. The van der Waals surface area contributed by atoms with Crippen LogP contribution in [0.15, 0.2) is 0 Å². The molecule has 0 radical (unpaired) electrons. The lowest BCUT2D eigenvalue weighted by molar-refractivity contribution is 0.134. The minimum absolute atomic E-state index is 0.0858. The van der Waals surface area contributed by atoms with E-state index in [1.807, 2.05) is 6.92 Å². The van der Waals surface area contributed by atoms with Crippen molar-refractivity contribution in [2.24, 2.45) is 11.3 Å². The Morgan fingerprint density at radius 2 is 2.19 bits per heavy atom. The van der Waals surface area contributed by atoms with Crippen molar-refractivity contribution in [1.29, 1.82) is 0 Å². The van der Waals surface area contributed by atoms with Crippen molar-refractivity contribution in [2.45, 2.75) is 26.7 Å². The Morgan fingerprint density at radius 1 is 1.50 bits per heavy atom. The smallest absolute Gasteiger partial charge is 0.150 e. The highest BCUT2D eigenvalue weighted by atomic mass is 32.2. The second-order valence-electron chi connectivity index (χ2n) is 5.22. The second kappa shape index (κ2) is 5.47. The molecule has 2 unspecified atom stereocenters. The van der Waals surface area contributed by atoms with E-state index < -0.39 is 9.84 Å². The van der Waals surface area contributed by atoms with Gasteiger partial charge >= 0.3 is 0 Å². The van der Waals surface area contributed by atoms with Gasteiger partial charge in [0.2, 0.25) is 0 Å².